The predicted molar refractivity (Wildman–Crippen MR) is 144 cm³/mol. The quantitative estimate of drug-likeness (QED) is 0.270. The van der Waals surface area contributed by atoms with Crippen molar-refractivity contribution in [3.8, 4) is 28.3 Å². The molecule has 7 rings (SSSR count). The van der Waals surface area contributed by atoms with Gasteiger partial charge in [-0.3, -0.25) is 0 Å². The minimum absolute atomic E-state index is 0.652. The molecular formula is C32H22N2O. The smallest absolute Gasteiger partial charge is 0.227 e. The van der Waals surface area contributed by atoms with Crippen LogP contribution in [0.4, 0.5) is 0 Å². The summed E-state index contributed by atoms with van der Waals surface area (Å²) in [6.07, 6.45) is 0. The summed E-state index contributed by atoms with van der Waals surface area (Å²) in [5, 5.41) is 2.55. The van der Waals surface area contributed by atoms with Gasteiger partial charge in [-0.25, -0.2) is 4.98 Å². The number of rotatable bonds is 3. The molecule has 2 heterocycles. The Kier molecular flexibility index (Phi) is 4.36. The van der Waals surface area contributed by atoms with Crippen LogP contribution in [0.1, 0.15) is 5.56 Å². The number of para-hydroxylation sites is 2. The van der Waals surface area contributed by atoms with E-state index in [1.165, 1.54) is 32.9 Å². The maximum atomic E-state index is 5.97. The fourth-order valence-corrected chi connectivity index (χ4v) is 4.97. The molecule has 35 heavy (non-hydrogen) atoms. The van der Waals surface area contributed by atoms with Gasteiger partial charge < -0.3 is 8.98 Å². The SMILES string of the molecule is Cc1ccc2oc(-c3ccc(-c4ccc(-n5c6ccccc6c6ccccc65)cc4)cc3)nc2c1. The molecule has 0 radical (unpaired) electrons. The van der Waals surface area contributed by atoms with Gasteiger partial charge >= 0.3 is 0 Å². The molecular weight excluding hydrogens is 428 g/mol. The maximum Gasteiger partial charge on any atom is 0.227 e. The Labute approximate surface area is 202 Å². The molecule has 0 atom stereocenters. The predicted octanol–water partition coefficient (Wildman–Crippen LogP) is 8.57. The van der Waals surface area contributed by atoms with Crippen molar-refractivity contribution in [3.05, 3.63) is 121 Å². The molecule has 0 bridgehead atoms. The second kappa shape index (κ2) is 7.71. The third kappa shape index (κ3) is 3.24. The van der Waals surface area contributed by atoms with Crippen LogP contribution in [-0.4, -0.2) is 9.55 Å². The van der Waals surface area contributed by atoms with Crippen molar-refractivity contribution in [3.63, 3.8) is 0 Å². The van der Waals surface area contributed by atoms with Gasteiger partial charge in [0.1, 0.15) is 5.52 Å². The lowest BCUT2D eigenvalue weighted by Gasteiger charge is -2.09. The van der Waals surface area contributed by atoms with E-state index in [4.69, 9.17) is 4.42 Å². The monoisotopic (exact) mass is 450 g/mol. The van der Waals surface area contributed by atoms with Crippen LogP contribution < -0.4 is 0 Å². The van der Waals surface area contributed by atoms with Crippen LogP contribution in [0.3, 0.4) is 0 Å². The molecule has 3 nitrogen and oxygen atoms in total. The normalized spacial score (nSPS) is 11.6. The Morgan fingerprint density at radius 1 is 0.600 bits per heavy atom. The fourth-order valence-electron chi connectivity index (χ4n) is 4.97. The molecule has 0 saturated heterocycles. The zero-order valence-corrected chi connectivity index (χ0v) is 19.3. The molecule has 0 fully saturated rings. The maximum absolute atomic E-state index is 5.97. The van der Waals surface area contributed by atoms with Crippen molar-refractivity contribution in [2.24, 2.45) is 0 Å². The highest BCUT2D eigenvalue weighted by molar-refractivity contribution is 6.09. The third-order valence-electron chi connectivity index (χ3n) is 6.71. The van der Waals surface area contributed by atoms with Gasteiger partial charge in [-0.1, -0.05) is 66.7 Å². The first-order chi connectivity index (χ1) is 17.2. The molecule has 7 aromatic rings. The molecule has 0 unspecified atom stereocenters. The molecule has 2 aromatic heterocycles. The molecule has 0 spiro atoms. The van der Waals surface area contributed by atoms with E-state index in [1.54, 1.807) is 0 Å². The minimum atomic E-state index is 0.652. The molecule has 0 aliphatic rings. The van der Waals surface area contributed by atoms with Crippen LogP contribution in [0.2, 0.25) is 0 Å². The highest BCUT2D eigenvalue weighted by Gasteiger charge is 2.12. The Bertz CT molecular complexity index is 1780. The van der Waals surface area contributed by atoms with Gasteiger partial charge in [-0.2, -0.15) is 0 Å². The largest absolute Gasteiger partial charge is 0.436 e. The fraction of sp³-hybridized carbons (Fsp3) is 0.0312. The van der Waals surface area contributed by atoms with Crippen molar-refractivity contribution < 1.29 is 4.42 Å². The van der Waals surface area contributed by atoms with E-state index in [2.05, 4.69) is 120 Å². The molecule has 0 amide bonds. The van der Waals surface area contributed by atoms with E-state index in [0.717, 1.165) is 27.9 Å². The zero-order chi connectivity index (χ0) is 23.4. The molecule has 3 heteroatoms. The highest BCUT2D eigenvalue weighted by Crippen LogP contribution is 2.33. The first-order valence-electron chi connectivity index (χ1n) is 11.8. The van der Waals surface area contributed by atoms with Gasteiger partial charge in [0.25, 0.3) is 0 Å². The number of benzene rings is 5. The van der Waals surface area contributed by atoms with Crippen LogP contribution >= 0.6 is 0 Å². The van der Waals surface area contributed by atoms with Crippen LogP contribution in [0.5, 0.6) is 0 Å². The van der Waals surface area contributed by atoms with Crippen molar-refractivity contribution >= 4 is 32.9 Å². The Hall–Kier alpha value is -4.63. The minimum Gasteiger partial charge on any atom is -0.436 e. The highest BCUT2D eigenvalue weighted by atomic mass is 16.3. The Balaban J connectivity index is 1.24. The van der Waals surface area contributed by atoms with E-state index in [9.17, 15) is 0 Å². The first-order valence-corrected chi connectivity index (χ1v) is 11.8. The molecule has 0 aliphatic heterocycles. The topological polar surface area (TPSA) is 31.0 Å². The second-order valence-electron chi connectivity index (χ2n) is 8.98. The lowest BCUT2D eigenvalue weighted by atomic mass is 10.0. The Morgan fingerprint density at radius 3 is 1.83 bits per heavy atom. The summed E-state index contributed by atoms with van der Waals surface area (Å²) in [5.74, 6) is 0.652. The molecule has 0 N–H and O–H groups in total. The van der Waals surface area contributed by atoms with Gasteiger partial charge in [0.2, 0.25) is 5.89 Å². The number of fused-ring (bicyclic) bond motifs is 4. The van der Waals surface area contributed by atoms with Crippen molar-refractivity contribution in [1.82, 2.24) is 9.55 Å². The summed E-state index contributed by atoms with van der Waals surface area (Å²) < 4.78 is 8.31. The zero-order valence-electron chi connectivity index (χ0n) is 19.3. The summed E-state index contributed by atoms with van der Waals surface area (Å²) in [4.78, 5) is 4.67. The van der Waals surface area contributed by atoms with E-state index in [-0.39, 0.29) is 0 Å². The van der Waals surface area contributed by atoms with Gasteiger partial charge in [0.05, 0.1) is 11.0 Å². The summed E-state index contributed by atoms with van der Waals surface area (Å²) in [6, 6.07) is 40.5. The van der Waals surface area contributed by atoms with Crippen molar-refractivity contribution in [1.29, 1.82) is 0 Å². The van der Waals surface area contributed by atoms with Gasteiger partial charge in [-0.15, -0.1) is 0 Å². The molecule has 166 valence electrons. The number of hydrogen-bond donors (Lipinski definition) is 0. The number of hydrogen-bond acceptors (Lipinski definition) is 2. The summed E-state index contributed by atoms with van der Waals surface area (Å²) in [5.41, 5.74) is 9.80. The molecule has 0 saturated carbocycles. The Morgan fingerprint density at radius 2 is 1.17 bits per heavy atom. The van der Waals surface area contributed by atoms with Crippen LogP contribution in [0.25, 0.3) is 61.2 Å². The average molecular weight is 451 g/mol. The number of oxazole rings is 1. The van der Waals surface area contributed by atoms with E-state index < -0.39 is 0 Å². The van der Waals surface area contributed by atoms with Gasteiger partial charge in [0.15, 0.2) is 5.58 Å². The lowest BCUT2D eigenvalue weighted by Crippen LogP contribution is -1.93. The van der Waals surface area contributed by atoms with E-state index in [0.29, 0.717) is 5.89 Å². The summed E-state index contributed by atoms with van der Waals surface area (Å²) in [6.45, 7) is 2.06. The van der Waals surface area contributed by atoms with Crippen molar-refractivity contribution in [2.75, 3.05) is 0 Å². The van der Waals surface area contributed by atoms with Gasteiger partial charge in [-0.05, 0) is 72.1 Å². The molecule has 0 aliphatic carbocycles. The van der Waals surface area contributed by atoms with Gasteiger partial charge in [0, 0.05) is 22.0 Å². The van der Waals surface area contributed by atoms with Crippen LogP contribution in [0.15, 0.2) is 120 Å². The lowest BCUT2D eigenvalue weighted by molar-refractivity contribution is 0.620. The standard InChI is InChI=1S/C32H22N2O/c1-21-10-19-31-28(20-21)33-32(35-31)24-13-11-22(12-14-24)23-15-17-25(18-16-23)34-29-8-4-2-6-26(29)27-7-3-5-9-30(27)34/h2-20H,1H3. The first kappa shape index (κ1) is 19.8. The molecule has 5 aromatic carbocycles. The number of aryl methyl sites for hydroxylation is 1. The third-order valence-corrected chi connectivity index (χ3v) is 6.71. The average Bonchev–Trinajstić information content (AvgIpc) is 3.48. The van der Waals surface area contributed by atoms with Crippen LogP contribution in [0, 0.1) is 6.92 Å². The van der Waals surface area contributed by atoms with Crippen LogP contribution in [-0.2, 0) is 0 Å². The number of nitrogens with zero attached hydrogens (tertiary/aromatic N) is 2. The van der Waals surface area contributed by atoms with E-state index >= 15 is 0 Å². The van der Waals surface area contributed by atoms with Crippen molar-refractivity contribution in [2.45, 2.75) is 6.92 Å². The number of aromatic nitrogens is 2. The van der Waals surface area contributed by atoms with E-state index in [1.807, 2.05) is 12.1 Å². The summed E-state index contributed by atoms with van der Waals surface area (Å²) >= 11 is 0. The second-order valence-corrected chi connectivity index (χ2v) is 8.98. The summed E-state index contributed by atoms with van der Waals surface area (Å²) in [7, 11) is 0.